The van der Waals surface area contributed by atoms with Crippen LogP contribution in [0.5, 0.6) is 0 Å². The summed E-state index contributed by atoms with van der Waals surface area (Å²) in [4.78, 5) is 14.1. The Morgan fingerprint density at radius 2 is 1.95 bits per heavy atom. The first-order valence-electron chi connectivity index (χ1n) is 8.10. The molecule has 2 rings (SSSR count). The number of nitrogens with two attached hydrogens (primary N) is 1. The number of carbonyl (C=O) groups is 1. The molecular weight excluding hydrogens is 270 g/mol. The third-order valence-electron chi connectivity index (χ3n) is 4.43. The van der Waals surface area contributed by atoms with Crippen molar-refractivity contribution < 1.29 is 4.79 Å². The van der Waals surface area contributed by atoms with Gasteiger partial charge < -0.3 is 16.0 Å². The van der Waals surface area contributed by atoms with Crippen molar-refractivity contribution in [2.24, 2.45) is 11.7 Å². The number of rotatable bonds is 6. The molecule has 1 aliphatic carbocycles. The number of thioether (sulfide) groups is 1. The molecule has 2 fully saturated rings. The standard InChI is InChI=1S/C15H29N3OS/c16-14(15(19)18-8-10-20-11-9-18)6-7-17-12-13-4-2-1-3-5-13/h13-14,17H,1-12,16H2/t14-/m0/s1. The Morgan fingerprint density at radius 1 is 1.25 bits per heavy atom. The van der Waals surface area contributed by atoms with Crippen LogP contribution in [0.3, 0.4) is 0 Å². The Bertz CT molecular complexity index is 289. The van der Waals surface area contributed by atoms with Gasteiger partial charge in [0.05, 0.1) is 6.04 Å². The van der Waals surface area contributed by atoms with Crippen molar-refractivity contribution in [3.8, 4) is 0 Å². The van der Waals surface area contributed by atoms with Crippen LogP contribution in [0.4, 0.5) is 0 Å². The molecule has 5 heteroatoms. The summed E-state index contributed by atoms with van der Waals surface area (Å²) in [6.45, 7) is 3.70. The fraction of sp³-hybridized carbons (Fsp3) is 0.933. The minimum absolute atomic E-state index is 0.143. The van der Waals surface area contributed by atoms with Gasteiger partial charge in [0.2, 0.25) is 5.91 Å². The van der Waals surface area contributed by atoms with E-state index in [9.17, 15) is 4.79 Å². The van der Waals surface area contributed by atoms with Gasteiger partial charge in [0.25, 0.3) is 0 Å². The first-order valence-corrected chi connectivity index (χ1v) is 9.25. The first-order chi connectivity index (χ1) is 9.77. The molecule has 1 saturated heterocycles. The summed E-state index contributed by atoms with van der Waals surface area (Å²) in [6.07, 6.45) is 7.67. The number of carbonyl (C=O) groups excluding carboxylic acids is 1. The maximum atomic E-state index is 12.2. The van der Waals surface area contributed by atoms with Gasteiger partial charge in [0.15, 0.2) is 0 Å². The number of nitrogens with one attached hydrogen (secondary N) is 1. The van der Waals surface area contributed by atoms with Gasteiger partial charge in [-0.2, -0.15) is 11.8 Å². The molecule has 0 bridgehead atoms. The fourth-order valence-electron chi connectivity index (χ4n) is 3.10. The zero-order valence-corrected chi connectivity index (χ0v) is 13.3. The molecular formula is C15H29N3OS. The zero-order valence-electron chi connectivity index (χ0n) is 12.5. The highest BCUT2D eigenvalue weighted by atomic mass is 32.2. The smallest absolute Gasteiger partial charge is 0.239 e. The van der Waals surface area contributed by atoms with Crippen LogP contribution in [0.15, 0.2) is 0 Å². The zero-order chi connectivity index (χ0) is 14.2. The van der Waals surface area contributed by atoms with Gasteiger partial charge >= 0.3 is 0 Å². The molecule has 1 atom stereocenters. The third kappa shape index (κ3) is 5.26. The van der Waals surface area contributed by atoms with Crippen molar-refractivity contribution in [2.45, 2.75) is 44.6 Å². The van der Waals surface area contributed by atoms with Crippen molar-refractivity contribution in [1.82, 2.24) is 10.2 Å². The topological polar surface area (TPSA) is 58.4 Å². The van der Waals surface area contributed by atoms with E-state index in [1.54, 1.807) is 0 Å². The van der Waals surface area contributed by atoms with E-state index < -0.39 is 0 Å². The highest BCUT2D eigenvalue weighted by Gasteiger charge is 2.22. The van der Waals surface area contributed by atoms with Crippen LogP contribution in [-0.4, -0.2) is 54.5 Å². The third-order valence-corrected chi connectivity index (χ3v) is 5.37. The largest absolute Gasteiger partial charge is 0.340 e. The second-order valence-corrected chi connectivity index (χ2v) is 7.27. The Kier molecular flexibility index (Phi) is 7.17. The summed E-state index contributed by atoms with van der Waals surface area (Å²) in [7, 11) is 0. The predicted molar refractivity (Wildman–Crippen MR) is 85.9 cm³/mol. The van der Waals surface area contributed by atoms with Gasteiger partial charge in [0, 0.05) is 24.6 Å². The SMILES string of the molecule is N[C@@H](CCNCC1CCCCC1)C(=O)N1CCSCC1. The van der Waals surface area contributed by atoms with Crippen LogP contribution in [0.2, 0.25) is 0 Å². The second kappa shape index (κ2) is 8.90. The maximum Gasteiger partial charge on any atom is 0.239 e. The van der Waals surface area contributed by atoms with E-state index in [1.165, 1.54) is 32.1 Å². The van der Waals surface area contributed by atoms with Crippen LogP contribution in [0.25, 0.3) is 0 Å². The van der Waals surface area contributed by atoms with Crippen LogP contribution in [-0.2, 0) is 4.79 Å². The van der Waals surface area contributed by atoms with Crippen LogP contribution < -0.4 is 11.1 Å². The Morgan fingerprint density at radius 3 is 2.65 bits per heavy atom. The normalized spacial score (nSPS) is 22.8. The number of hydrogen-bond acceptors (Lipinski definition) is 4. The monoisotopic (exact) mass is 299 g/mol. The molecule has 0 aromatic rings. The van der Waals surface area contributed by atoms with Crippen molar-refractivity contribution in [3.05, 3.63) is 0 Å². The van der Waals surface area contributed by atoms with Gasteiger partial charge in [-0.25, -0.2) is 0 Å². The molecule has 2 aliphatic rings. The molecule has 4 nitrogen and oxygen atoms in total. The van der Waals surface area contributed by atoms with E-state index >= 15 is 0 Å². The summed E-state index contributed by atoms with van der Waals surface area (Å²) in [5.74, 6) is 3.09. The number of hydrogen-bond donors (Lipinski definition) is 2. The number of nitrogens with zero attached hydrogens (tertiary/aromatic N) is 1. The van der Waals surface area contributed by atoms with Crippen LogP contribution in [0.1, 0.15) is 38.5 Å². The van der Waals surface area contributed by atoms with Gasteiger partial charge in [-0.3, -0.25) is 4.79 Å². The number of amides is 1. The molecule has 0 spiro atoms. The van der Waals surface area contributed by atoms with Crippen LogP contribution >= 0.6 is 11.8 Å². The van der Waals surface area contributed by atoms with Crippen LogP contribution in [0, 0.1) is 5.92 Å². The summed E-state index contributed by atoms with van der Waals surface area (Å²) in [6, 6.07) is -0.322. The highest BCUT2D eigenvalue weighted by Crippen LogP contribution is 2.22. The van der Waals surface area contributed by atoms with E-state index in [1.807, 2.05) is 16.7 Å². The minimum atomic E-state index is -0.322. The lowest BCUT2D eigenvalue weighted by atomic mass is 9.89. The van der Waals surface area contributed by atoms with Crippen molar-refractivity contribution in [1.29, 1.82) is 0 Å². The fourth-order valence-corrected chi connectivity index (χ4v) is 4.00. The van der Waals surface area contributed by atoms with Crippen molar-refractivity contribution >= 4 is 17.7 Å². The Balaban J connectivity index is 1.56. The van der Waals surface area contributed by atoms with E-state index in [-0.39, 0.29) is 11.9 Å². The molecule has 116 valence electrons. The first kappa shape index (κ1) is 16.1. The molecule has 1 aliphatic heterocycles. The van der Waals surface area contributed by atoms with Gasteiger partial charge in [-0.15, -0.1) is 0 Å². The summed E-state index contributed by atoms with van der Waals surface area (Å²) < 4.78 is 0. The average Bonchev–Trinajstić information content (AvgIpc) is 2.52. The average molecular weight is 299 g/mol. The lowest BCUT2D eigenvalue weighted by Gasteiger charge is -2.29. The van der Waals surface area contributed by atoms with Gasteiger partial charge in [-0.05, 0) is 38.3 Å². The summed E-state index contributed by atoms with van der Waals surface area (Å²) in [5.41, 5.74) is 6.03. The minimum Gasteiger partial charge on any atom is -0.340 e. The molecule has 0 radical (unpaired) electrons. The van der Waals surface area contributed by atoms with Gasteiger partial charge in [-0.1, -0.05) is 19.3 Å². The van der Waals surface area contributed by atoms with E-state index in [0.29, 0.717) is 0 Å². The molecule has 1 amide bonds. The molecule has 1 saturated carbocycles. The molecule has 3 N–H and O–H groups in total. The van der Waals surface area contributed by atoms with Gasteiger partial charge in [0.1, 0.15) is 0 Å². The summed E-state index contributed by atoms with van der Waals surface area (Å²) in [5, 5.41) is 3.49. The molecule has 0 aromatic heterocycles. The lowest BCUT2D eigenvalue weighted by Crippen LogP contribution is -2.48. The summed E-state index contributed by atoms with van der Waals surface area (Å²) >= 11 is 1.92. The van der Waals surface area contributed by atoms with E-state index in [0.717, 1.165) is 50.0 Å². The Labute approximate surface area is 127 Å². The molecule has 1 heterocycles. The second-order valence-electron chi connectivity index (χ2n) is 6.04. The van der Waals surface area contributed by atoms with Crippen molar-refractivity contribution in [2.75, 3.05) is 37.7 Å². The lowest BCUT2D eigenvalue weighted by molar-refractivity contribution is -0.132. The van der Waals surface area contributed by atoms with E-state index in [2.05, 4.69) is 5.32 Å². The highest BCUT2D eigenvalue weighted by molar-refractivity contribution is 7.99. The maximum absolute atomic E-state index is 12.2. The quantitative estimate of drug-likeness (QED) is 0.729. The van der Waals surface area contributed by atoms with Crippen molar-refractivity contribution in [3.63, 3.8) is 0 Å². The Hall–Kier alpha value is -0.260. The van der Waals surface area contributed by atoms with E-state index in [4.69, 9.17) is 5.73 Å². The molecule has 20 heavy (non-hydrogen) atoms. The molecule has 0 unspecified atom stereocenters. The molecule has 0 aromatic carbocycles. The predicted octanol–water partition coefficient (Wildman–Crippen LogP) is 1.45.